The Hall–Kier alpha value is -1.30. The lowest BCUT2D eigenvalue weighted by molar-refractivity contribution is 0.111. The van der Waals surface area contributed by atoms with Crippen molar-refractivity contribution in [2.75, 3.05) is 6.26 Å². The molecule has 1 aromatic rings. The Kier molecular flexibility index (Phi) is 2.66. The van der Waals surface area contributed by atoms with Crippen LogP contribution in [0.3, 0.4) is 0 Å². The van der Waals surface area contributed by atoms with E-state index in [4.69, 9.17) is 0 Å². The van der Waals surface area contributed by atoms with Crippen molar-refractivity contribution in [3.8, 4) is 0 Å². The number of benzene rings is 1. The second-order valence-electron chi connectivity index (χ2n) is 2.67. The molecule has 6 heteroatoms. The van der Waals surface area contributed by atoms with Crippen LogP contribution < -0.4 is 0 Å². The van der Waals surface area contributed by atoms with Gasteiger partial charge in [0.2, 0.25) is 0 Å². The molecule has 0 saturated carbocycles. The summed E-state index contributed by atoms with van der Waals surface area (Å²) in [6, 6.07) is 1.62. The van der Waals surface area contributed by atoms with Crippen molar-refractivity contribution in [2.45, 2.75) is 4.90 Å². The molecule has 14 heavy (non-hydrogen) atoms. The molecule has 0 heterocycles. The normalized spacial score (nSPS) is 11.4. The van der Waals surface area contributed by atoms with Gasteiger partial charge in [0.25, 0.3) is 0 Å². The van der Waals surface area contributed by atoms with E-state index in [1.54, 1.807) is 0 Å². The molecule has 0 aliphatic rings. The van der Waals surface area contributed by atoms with Crippen molar-refractivity contribution >= 4 is 16.1 Å². The minimum atomic E-state index is -4.01. The van der Waals surface area contributed by atoms with Gasteiger partial charge in [-0.25, -0.2) is 17.2 Å². The summed E-state index contributed by atoms with van der Waals surface area (Å²) >= 11 is 0. The summed E-state index contributed by atoms with van der Waals surface area (Å²) in [5.74, 6) is -2.54. The van der Waals surface area contributed by atoms with Crippen LogP contribution in [-0.4, -0.2) is 21.0 Å². The Balaban J connectivity index is 3.65. The molecule has 3 nitrogen and oxygen atoms in total. The molecule has 0 aliphatic carbocycles. The molecule has 0 unspecified atom stereocenters. The van der Waals surface area contributed by atoms with Gasteiger partial charge in [-0.2, -0.15) is 0 Å². The summed E-state index contributed by atoms with van der Waals surface area (Å²) in [5, 5.41) is 0. The molecular formula is C8H6F2O3S. The van der Waals surface area contributed by atoms with Crippen molar-refractivity contribution in [3.63, 3.8) is 0 Å². The molecule has 0 fully saturated rings. The lowest BCUT2D eigenvalue weighted by Crippen LogP contribution is -2.06. The smallest absolute Gasteiger partial charge is 0.181 e. The average molecular weight is 220 g/mol. The third kappa shape index (κ3) is 1.79. The number of carbonyl (C=O) groups excluding carboxylic acids is 1. The van der Waals surface area contributed by atoms with Gasteiger partial charge in [0.05, 0.1) is 5.56 Å². The molecule has 0 N–H and O–H groups in total. The third-order valence-corrected chi connectivity index (χ3v) is 2.69. The van der Waals surface area contributed by atoms with Crippen molar-refractivity contribution in [2.24, 2.45) is 0 Å². The summed E-state index contributed by atoms with van der Waals surface area (Å²) < 4.78 is 48.0. The van der Waals surface area contributed by atoms with Crippen LogP contribution in [-0.2, 0) is 9.84 Å². The zero-order valence-corrected chi connectivity index (χ0v) is 7.94. The number of sulfone groups is 1. The molecule has 0 saturated heterocycles. The van der Waals surface area contributed by atoms with Gasteiger partial charge in [-0.1, -0.05) is 0 Å². The molecule has 0 atom stereocenters. The zero-order chi connectivity index (χ0) is 10.9. The molecule has 0 spiro atoms. The number of aldehydes is 1. The topological polar surface area (TPSA) is 51.2 Å². The van der Waals surface area contributed by atoms with Crippen molar-refractivity contribution in [3.05, 3.63) is 29.3 Å². The molecular weight excluding hydrogens is 214 g/mol. The van der Waals surface area contributed by atoms with Crippen LogP contribution in [0.4, 0.5) is 8.78 Å². The maximum absolute atomic E-state index is 13.2. The van der Waals surface area contributed by atoms with Crippen molar-refractivity contribution in [1.29, 1.82) is 0 Å². The molecule has 0 amide bonds. The van der Waals surface area contributed by atoms with E-state index in [2.05, 4.69) is 0 Å². The van der Waals surface area contributed by atoms with Crippen molar-refractivity contribution < 1.29 is 22.0 Å². The van der Waals surface area contributed by atoms with Gasteiger partial charge in [-0.05, 0) is 12.1 Å². The number of rotatable bonds is 2. The van der Waals surface area contributed by atoms with Gasteiger partial charge in [-0.15, -0.1) is 0 Å². The predicted molar refractivity (Wildman–Crippen MR) is 44.9 cm³/mol. The standard InChI is InChI=1S/C8H6F2O3S/c1-14(12,13)8-6(9)3-2-5(4-11)7(8)10/h2-4H,1H3. The number of hydrogen-bond acceptors (Lipinski definition) is 3. The summed E-state index contributed by atoms with van der Waals surface area (Å²) in [5.41, 5.74) is -0.480. The SMILES string of the molecule is CS(=O)(=O)c1c(F)ccc(C=O)c1F. The summed E-state index contributed by atoms with van der Waals surface area (Å²) in [6.45, 7) is 0. The van der Waals surface area contributed by atoms with Crippen LogP contribution in [0.5, 0.6) is 0 Å². The average Bonchev–Trinajstić information content (AvgIpc) is 2.02. The Labute approximate surface area is 79.3 Å². The monoisotopic (exact) mass is 220 g/mol. The Bertz CT molecular complexity index is 480. The van der Waals surface area contributed by atoms with Gasteiger partial charge >= 0.3 is 0 Å². The first-order chi connectivity index (χ1) is 6.38. The molecule has 1 rings (SSSR count). The molecule has 76 valence electrons. The van der Waals surface area contributed by atoms with E-state index in [0.717, 1.165) is 12.1 Å². The van der Waals surface area contributed by atoms with E-state index in [9.17, 15) is 22.0 Å². The molecule has 0 aromatic heterocycles. The highest BCUT2D eigenvalue weighted by Crippen LogP contribution is 2.20. The highest BCUT2D eigenvalue weighted by Gasteiger charge is 2.21. The van der Waals surface area contributed by atoms with Gasteiger partial charge in [0.15, 0.2) is 21.9 Å². The fourth-order valence-electron chi connectivity index (χ4n) is 0.979. The van der Waals surface area contributed by atoms with Crippen molar-refractivity contribution in [1.82, 2.24) is 0 Å². The lowest BCUT2D eigenvalue weighted by atomic mass is 10.2. The van der Waals surface area contributed by atoms with E-state index in [1.807, 2.05) is 0 Å². The lowest BCUT2D eigenvalue weighted by Gasteiger charge is -2.03. The van der Waals surface area contributed by atoms with Gasteiger partial charge in [-0.3, -0.25) is 4.79 Å². The van der Waals surface area contributed by atoms with Crippen LogP contribution in [0, 0.1) is 11.6 Å². The summed E-state index contributed by atoms with van der Waals surface area (Å²) in [4.78, 5) is 9.19. The van der Waals surface area contributed by atoms with E-state index in [0.29, 0.717) is 6.26 Å². The zero-order valence-electron chi connectivity index (χ0n) is 7.12. The maximum Gasteiger partial charge on any atom is 0.181 e. The van der Waals surface area contributed by atoms with Crippen LogP contribution in [0.1, 0.15) is 10.4 Å². The maximum atomic E-state index is 13.2. The van der Waals surface area contributed by atoms with E-state index < -0.39 is 31.9 Å². The Morgan fingerprint density at radius 1 is 1.29 bits per heavy atom. The highest BCUT2D eigenvalue weighted by molar-refractivity contribution is 7.90. The molecule has 1 aromatic carbocycles. The first kappa shape index (κ1) is 10.8. The van der Waals surface area contributed by atoms with Crippen LogP contribution in [0.2, 0.25) is 0 Å². The van der Waals surface area contributed by atoms with Crippen LogP contribution in [0.15, 0.2) is 17.0 Å². The van der Waals surface area contributed by atoms with Crippen LogP contribution >= 0.6 is 0 Å². The second kappa shape index (κ2) is 3.45. The first-order valence-electron chi connectivity index (χ1n) is 3.51. The molecule has 0 radical (unpaired) electrons. The number of halogens is 2. The van der Waals surface area contributed by atoms with E-state index in [-0.39, 0.29) is 6.29 Å². The highest BCUT2D eigenvalue weighted by atomic mass is 32.2. The van der Waals surface area contributed by atoms with Gasteiger partial charge in [0, 0.05) is 6.26 Å². The van der Waals surface area contributed by atoms with E-state index in [1.165, 1.54) is 0 Å². The number of hydrogen-bond donors (Lipinski definition) is 0. The fourth-order valence-corrected chi connectivity index (χ4v) is 1.84. The fraction of sp³-hybridized carbons (Fsp3) is 0.125. The van der Waals surface area contributed by atoms with Crippen LogP contribution in [0.25, 0.3) is 0 Å². The predicted octanol–water partition coefficient (Wildman–Crippen LogP) is 1.18. The quantitative estimate of drug-likeness (QED) is 0.703. The summed E-state index contributed by atoms with van der Waals surface area (Å²) in [6.07, 6.45) is 0.798. The Morgan fingerprint density at radius 3 is 2.29 bits per heavy atom. The molecule has 0 aliphatic heterocycles. The molecule has 0 bridgehead atoms. The minimum Gasteiger partial charge on any atom is -0.298 e. The number of carbonyl (C=O) groups is 1. The van der Waals surface area contributed by atoms with E-state index >= 15 is 0 Å². The Morgan fingerprint density at radius 2 is 1.86 bits per heavy atom. The second-order valence-corrected chi connectivity index (χ2v) is 4.62. The first-order valence-corrected chi connectivity index (χ1v) is 5.40. The third-order valence-electron chi connectivity index (χ3n) is 1.58. The van der Waals surface area contributed by atoms with Gasteiger partial charge in [0.1, 0.15) is 10.7 Å². The van der Waals surface area contributed by atoms with Gasteiger partial charge < -0.3 is 0 Å². The summed E-state index contributed by atoms with van der Waals surface area (Å²) in [7, 11) is -4.01. The largest absolute Gasteiger partial charge is 0.298 e. The minimum absolute atomic E-state index is 0.128.